The maximum absolute atomic E-state index is 11.7. The highest BCUT2D eigenvalue weighted by molar-refractivity contribution is 5.89. The number of carbonyl (C=O) groups excluding carboxylic acids is 1. The first kappa shape index (κ1) is 15.2. The van der Waals surface area contributed by atoms with Gasteiger partial charge in [0.15, 0.2) is 0 Å². The van der Waals surface area contributed by atoms with Gasteiger partial charge in [-0.15, -0.1) is 0 Å². The molecular formula is C15H21N3O3. The number of benzene rings is 1. The summed E-state index contributed by atoms with van der Waals surface area (Å²) in [6.45, 7) is 3.82. The first-order chi connectivity index (χ1) is 10.1. The normalized spacial score (nSPS) is 15.6. The van der Waals surface area contributed by atoms with Crippen LogP contribution in [0.15, 0.2) is 24.3 Å². The number of amides is 2. The van der Waals surface area contributed by atoms with E-state index in [9.17, 15) is 9.59 Å². The summed E-state index contributed by atoms with van der Waals surface area (Å²) in [5.74, 6) is -1.53. The summed E-state index contributed by atoms with van der Waals surface area (Å²) < 4.78 is 0. The van der Waals surface area contributed by atoms with Gasteiger partial charge in [0.25, 0.3) is 0 Å². The SMILES string of the molecule is CC(CNC(=O)Nc1ccc(N2CCCC2)cc1)C(=O)O. The Hall–Kier alpha value is -2.24. The van der Waals surface area contributed by atoms with Gasteiger partial charge in [0, 0.05) is 31.0 Å². The van der Waals surface area contributed by atoms with E-state index in [-0.39, 0.29) is 6.54 Å². The molecule has 6 heteroatoms. The van der Waals surface area contributed by atoms with E-state index in [1.54, 1.807) is 6.92 Å². The number of anilines is 2. The Morgan fingerprint density at radius 1 is 1.24 bits per heavy atom. The zero-order chi connectivity index (χ0) is 15.2. The monoisotopic (exact) mass is 291 g/mol. The second kappa shape index (κ2) is 6.97. The van der Waals surface area contributed by atoms with Crippen LogP contribution in [0.1, 0.15) is 19.8 Å². The van der Waals surface area contributed by atoms with Crippen LogP contribution in [0.4, 0.5) is 16.2 Å². The Morgan fingerprint density at radius 3 is 2.43 bits per heavy atom. The van der Waals surface area contributed by atoms with E-state index in [2.05, 4.69) is 15.5 Å². The molecule has 1 aliphatic heterocycles. The highest BCUT2D eigenvalue weighted by Crippen LogP contribution is 2.21. The predicted octanol–water partition coefficient (Wildman–Crippen LogP) is 2.13. The molecule has 1 aliphatic rings. The molecule has 0 radical (unpaired) electrons. The Balaban J connectivity index is 1.82. The Morgan fingerprint density at radius 2 is 1.86 bits per heavy atom. The Kier molecular flexibility index (Phi) is 5.03. The summed E-state index contributed by atoms with van der Waals surface area (Å²) in [4.78, 5) is 24.6. The molecule has 2 amide bonds. The molecule has 1 atom stereocenters. The number of nitrogens with zero attached hydrogens (tertiary/aromatic N) is 1. The van der Waals surface area contributed by atoms with Crippen LogP contribution >= 0.6 is 0 Å². The molecule has 114 valence electrons. The number of hydrogen-bond acceptors (Lipinski definition) is 3. The molecule has 0 aliphatic carbocycles. The van der Waals surface area contributed by atoms with Gasteiger partial charge in [-0.05, 0) is 37.1 Å². The van der Waals surface area contributed by atoms with Crippen LogP contribution < -0.4 is 15.5 Å². The van der Waals surface area contributed by atoms with Crippen LogP contribution in [0.2, 0.25) is 0 Å². The van der Waals surface area contributed by atoms with Crippen molar-refractivity contribution >= 4 is 23.4 Å². The number of nitrogens with one attached hydrogen (secondary N) is 2. The van der Waals surface area contributed by atoms with E-state index >= 15 is 0 Å². The molecule has 1 heterocycles. The topological polar surface area (TPSA) is 81.7 Å². The fraction of sp³-hybridized carbons (Fsp3) is 0.467. The van der Waals surface area contributed by atoms with E-state index in [0.29, 0.717) is 5.69 Å². The molecule has 3 N–H and O–H groups in total. The smallest absolute Gasteiger partial charge is 0.319 e. The Bertz CT molecular complexity index is 495. The van der Waals surface area contributed by atoms with E-state index in [1.165, 1.54) is 12.8 Å². The standard InChI is InChI=1S/C15H21N3O3/c1-11(14(19)20)10-16-15(21)17-12-4-6-13(7-5-12)18-8-2-3-9-18/h4-7,11H,2-3,8-10H2,1H3,(H,19,20)(H2,16,17,21). The van der Waals surface area contributed by atoms with Gasteiger partial charge in [-0.2, -0.15) is 0 Å². The summed E-state index contributed by atoms with van der Waals surface area (Å²) in [7, 11) is 0. The van der Waals surface area contributed by atoms with Gasteiger partial charge in [-0.1, -0.05) is 6.92 Å². The molecule has 2 rings (SSSR count). The second-order valence-electron chi connectivity index (χ2n) is 5.32. The summed E-state index contributed by atoms with van der Waals surface area (Å²) in [6, 6.07) is 7.29. The van der Waals surface area contributed by atoms with Crippen LogP contribution in [0.5, 0.6) is 0 Å². The molecule has 0 spiro atoms. The Labute approximate surface area is 124 Å². The minimum Gasteiger partial charge on any atom is -0.481 e. The van der Waals surface area contributed by atoms with Crippen molar-refractivity contribution in [1.82, 2.24) is 5.32 Å². The van der Waals surface area contributed by atoms with Gasteiger partial charge in [-0.3, -0.25) is 4.79 Å². The van der Waals surface area contributed by atoms with Crippen molar-refractivity contribution in [2.45, 2.75) is 19.8 Å². The molecule has 21 heavy (non-hydrogen) atoms. The first-order valence-electron chi connectivity index (χ1n) is 7.19. The number of carboxylic acids is 1. The van der Waals surface area contributed by atoms with Gasteiger partial charge in [0.05, 0.1) is 5.92 Å². The number of hydrogen-bond donors (Lipinski definition) is 3. The molecule has 1 fully saturated rings. The van der Waals surface area contributed by atoms with Gasteiger partial charge in [-0.25, -0.2) is 4.79 Å². The zero-order valence-corrected chi connectivity index (χ0v) is 12.1. The average molecular weight is 291 g/mol. The van der Waals surface area contributed by atoms with Crippen molar-refractivity contribution < 1.29 is 14.7 Å². The van der Waals surface area contributed by atoms with Crippen LogP contribution in [0, 0.1) is 5.92 Å². The molecule has 1 unspecified atom stereocenters. The number of carboxylic acid groups (broad SMARTS) is 1. The van der Waals surface area contributed by atoms with Crippen LogP contribution in [0.25, 0.3) is 0 Å². The molecule has 0 bridgehead atoms. The molecule has 0 saturated carbocycles. The highest BCUT2D eigenvalue weighted by Gasteiger charge is 2.13. The highest BCUT2D eigenvalue weighted by atomic mass is 16.4. The quantitative estimate of drug-likeness (QED) is 0.776. The molecule has 1 aromatic carbocycles. The van der Waals surface area contributed by atoms with Crippen molar-refractivity contribution in [3.05, 3.63) is 24.3 Å². The molecule has 1 aromatic rings. The van der Waals surface area contributed by atoms with Crippen molar-refractivity contribution in [2.24, 2.45) is 5.92 Å². The lowest BCUT2D eigenvalue weighted by Gasteiger charge is -2.18. The van der Waals surface area contributed by atoms with Crippen LogP contribution in [-0.2, 0) is 4.79 Å². The zero-order valence-electron chi connectivity index (χ0n) is 12.1. The van der Waals surface area contributed by atoms with Crippen molar-refractivity contribution in [2.75, 3.05) is 29.9 Å². The van der Waals surface area contributed by atoms with Gasteiger partial charge in [0.2, 0.25) is 0 Å². The van der Waals surface area contributed by atoms with Crippen molar-refractivity contribution in [3.63, 3.8) is 0 Å². The molecular weight excluding hydrogens is 270 g/mol. The average Bonchev–Trinajstić information content (AvgIpc) is 2.99. The lowest BCUT2D eigenvalue weighted by Crippen LogP contribution is -2.34. The number of carbonyl (C=O) groups is 2. The summed E-state index contributed by atoms with van der Waals surface area (Å²) in [6.07, 6.45) is 2.45. The van der Waals surface area contributed by atoms with Crippen LogP contribution in [0.3, 0.4) is 0 Å². The van der Waals surface area contributed by atoms with Crippen molar-refractivity contribution in [3.8, 4) is 0 Å². The maximum atomic E-state index is 11.7. The van der Waals surface area contributed by atoms with Gasteiger partial charge < -0.3 is 20.6 Å². The molecule has 0 aromatic heterocycles. The largest absolute Gasteiger partial charge is 0.481 e. The number of urea groups is 1. The molecule has 1 saturated heterocycles. The minimum absolute atomic E-state index is 0.104. The lowest BCUT2D eigenvalue weighted by atomic mass is 10.2. The third kappa shape index (κ3) is 4.37. The van der Waals surface area contributed by atoms with Crippen LogP contribution in [-0.4, -0.2) is 36.7 Å². The fourth-order valence-electron chi connectivity index (χ4n) is 2.24. The summed E-state index contributed by atoms with van der Waals surface area (Å²) in [5, 5.41) is 14.0. The first-order valence-corrected chi connectivity index (χ1v) is 7.19. The number of aliphatic carboxylic acids is 1. The van der Waals surface area contributed by atoms with Crippen molar-refractivity contribution in [1.29, 1.82) is 0 Å². The van der Waals surface area contributed by atoms with E-state index in [4.69, 9.17) is 5.11 Å². The fourth-order valence-corrected chi connectivity index (χ4v) is 2.24. The third-order valence-electron chi connectivity index (χ3n) is 3.59. The van der Waals surface area contributed by atoms with E-state index in [1.807, 2.05) is 24.3 Å². The lowest BCUT2D eigenvalue weighted by molar-refractivity contribution is -0.140. The van der Waals surface area contributed by atoms with E-state index < -0.39 is 17.9 Å². The minimum atomic E-state index is -0.926. The van der Waals surface area contributed by atoms with Gasteiger partial charge in [0.1, 0.15) is 0 Å². The summed E-state index contributed by atoms with van der Waals surface area (Å²) in [5.41, 5.74) is 1.86. The van der Waals surface area contributed by atoms with Gasteiger partial charge >= 0.3 is 12.0 Å². The maximum Gasteiger partial charge on any atom is 0.319 e. The van der Waals surface area contributed by atoms with E-state index in [0.717, 1.165) is 18.8 Å². The second-order valence-corrected chi connectivity index (χ2v) is 5.32. The third-order valence-corrected chi connectivity index (χ3v) is 3.59. The predicted molar refractivity (Wildman–Crippen MR) is 81.7 cm³/mol. The molecule has 6 nitrogen and oxygen atoms in total. The number of rotatable bonds is 5. The summed E-state index contributed by atoms with van der Waals surface area (Å²) >= 11 is 0.